The highest BCUT2D eigenvalue weighted by Gasteiger charge is 2.31. The Morgan fingerprint density at radius 1 is 0.898 bits per heavy atom. The minimum absolute atomic E-state index is 0.0923. The van der Waals surface area contributed by atoms with E-state index in [1.54, 1.807) is 18.2 Å². The van der Waals surface area contributed by atoms with Crippen LogP contribution in [0.25, 0.3) is 21.3 Å². The van der Waals surface area contributed by atoms with Crippen molar-refractivity contribution in [2.75, 3.05) is 51.4 Å². The molecule has 1 aromatic heterocycles. The lowest BCUT2D eigenvalue weighted by atomic mass is 9.98. The van der Waals surface area contributed by atoms with Crippen LogP contribution in [0.2, 0.25) is 0 Å². The highest BCUT2D eigenvalue weighted by Crippen LogP contribution is 2.44. The number of aliphatic carboxylic acids is 1. The van der Waals surface area contributed by atoms with Gasteiger partial charge in [-0.25, -0.2) is 14.6 Å². The number of aromatic nitrogens is 1. The van der Waals surface area contributed by atoms with Gasteiger partial charge in [-0.2, -0.15) is 0 Å². The van der Waals surface area contributed by atoms with Gasteiger partial charge in [0.15, 0.2) is 6.04 Å². The van der Waals surface area contributed by atoms with Gasteiger partial charge >= 0.3 is 12.1 Å². The number of carbonyl (C=O) groups excluding carboxylic acids is 4. The van der Waals surface area contributed by atoms with Crippen LogP contribution in [0.15, 0.2) is 71.7 Å². The Morgan fingerprint density at radius 2 is 1.58 bits per heavy atom. The lowest BCUT2D eigenvalue weighted by molar-refractivity contribution is -0.137. The summed E-state index contributed by atoms with van der Waals surface area (Å²) in [5.41, 5.74) is 11.3. The normalized spacial score (nSPS) is 15.5. The number of thiazole rings is 1. The summed E-state index contributed by atoms with van der Waals surface area (Å²) in [7, 11) is 3.91. The van der Waals surface area contributed by atoms with Crippen LogP contribution in [0.5, 0.6) is 0 Å². The average Bonchev–Trinajstić information content (AvgIpc) is 3.96. The molecule has 3 atom stereocenters. The number of ether oxygens (including phenoxy) is 1. The Hall–Kier alpha value is -5.36. The van der Waals surface area contributed by atoms with E-state index in [1.165, 1.54) is 23.1 Å². The van der Waals surface area contributed by atoms with Gasteiger partial charge in [0.2, 0.25) is 17.7 Å². The third-order valence-corrected chi connectivity index (χ3v) is 12.3. The van der Waals surface area contributed by atoms with Crippen molar-refractivity contribution in [3.8, 4) is 11.1 Å². The van der Waals surface area contributed by atoms with Gasteiger partial charge in [-0.05, 0) is 106 Å². The summed E-state index contributed by atoms with van der Waals surface area (Å²) in [6.07, 6.45) is 2.50. The highest BCUT2D eigenvalue weighted by molar-refractivity contribution is 8.15. The molecule has 59 heavy (non-hydrogen) atoms. The number of nitrogens with one attached hydrogen (secondary N) is 4. The van der Waals surface area contributed by atoms with E-state index in [0.717, 1.165) is 39.9 Å². The standard InChI is InChI=1S/C42H50N8O7S2/c1-50(2)20-10-8-16-32(46-36(51)22-44-42(56)57-23-30-28-13-5-3-11-26(28)27-12-4-6-14-29(27)30)38(53)47-33(15-7-9-19-43)37(52)45-25-17-18-31-35(21-25)59-40(48-31)39-49-34(24-58-39)41(54)55/h3-6,11-14,17-18,21,30,32-34H,7-10,15-16,19-20,22-24,43H2,1-2H3,(H,44,56)(H,45,52)(H,46,51)(H,47,53)(H,54,55)/t32-,33-,34+/m0/s1. The first-order valence-corrected chi connectivity index (χ1v) is 21.5. The summed E-state index contributed by atoms with van der Waals surface area (Å²) in [6.45, 7) is 0.892. The first kappa shape index (κ1) is 43.2. The van der Waals surface area contributed by atoms with E-state index in [1.807, 2.05) is 67.5 Å². The fourth-order valence-electron chi connectivity index (χ4n) is 7.07. The van der Waals surface area contributed by atoms with Crippen molar-refractivity contribution >= 4 is 73.8 Å². The predicted octanol–water partition coefficient (Wildman–Crippen LogP) is 4.55. The summed E-state index contributed by atoms with van der Waals surface area (Å²) in [4.78, 5) is 75.9. The number of anilines is 1. The van der Waals surface area contributed by atoms with Crippen molar-refractivity contribution in [3.63, 3.8) is 0 Å². The molecule has 312 valence electrons. The molecule has 0 bridgehead atoms. The summed E-state index contributed by atoms with van der Waals surface area (Å²) < 4.78 is 6.36. The van der Waals surface area contributed by atoms with E-state index in [4.69, 9.17) is 10.5 Å². The van der Waals surface area contributed by atoms with Crippen LogP contribution in [-0.2, 0) is 23.9 Å². The second-order valence-electron chi connectivity index (χ2n) is 14.7. The Kier molecular flexibility index (Phi) is 15.1. The smallest absolute Gasteiger partial charge is 0.407 e. The van der Waals surface area contributed by atoms with Crippen LogP contribution in [0.3, 0.4) is 0 Å². The molecule has 3 aromatic carbocycles. The van der Waals surface area contributed by atoms with Crippen LogP contribution in [0.1, 0.15) is 60.6 Å². The fourth-order valence-corrected chi connectivity index (χ4v) is 9.17. The molecule has 17 heteroatoms. The Balaban J connectivity index is 1.06. The van der Waals surface area contributed by atoms with Crippen molar-refractivity contribution in [1.29, 1.82) is 0 Å². The Morgan fingerprint density at radius 3 is 2.24 bits per heavy atom. The molecule has 2 aliphatic rings. The monoisotopic (exact) mass is 842 g/mol. The highest BCUT2D eigenvalue weighted by atomic mass is 32.2. The van der Waals surface area contributed by atoms with E-state index in [0.29, 0.717) is 65.7 Å². The number of rotatable bonds is 20. The average molecular weight is 843 g/mol. The molecule has 2 heterocycles. The largest absolute Gasteiger partial charge is 0.480 e. The minimum atomic E-state index is -0.979. The summed E-state index contributed by atoms with van der Waals surface area (Å²) >= 11 is 2.69. The third-order valence-electron chi connectivity index (χ3n) is 10.1. The number of carboxylic acid groups (broad SMARTS) is 1. The van der Waals surface area contributed by atoms with Crippen LogP contribution < -0.4 is 27.0 Å². The maximum absolute atomic E-state index is 13.9. The second-order valence-corrected chi connectivity index (χ2v) is 16.8. The maximum Gasteiger partial charge on any atom is 0.407 e. The Bertz CT molecular complexity index is 2150. The van der Waals surface area contributed by atoms with E-state index in [9.17, 15) is 29.1 Å². The van der Waals surface area contributed by atoms with Crippen molar-refractivity contribution in [2.24, 2.45) is 10.7 Å². The molecule has 15 nitrogen and oxygen atoms in total. The van der Waals surface area contributed by atoms with Gasteiger partial charge in [0.25, 0.3) is 0 Å². The molecule has 1 aliphatic heterocycles. The second kappa shape index (κ2) is 20.6. The van der Waals surface area contributed by atoms with Gasteiger partial charge < -0.3 is 41.7 Å². The van der Waals surface area contributed by atoms with Crippen molar-refractivity contribution < 1.29 is 33.8 Å². The number of nitrogens with zero attached hydrogens (tertiary/aromatic N) is 3. The molecule has 4 amide bonds. The zero-order chi connectivity index (χ0) is 41.9. The van der Waals surface area contributed by atoms with Gasteiger partial charge in [0.05, 0.1) is 10.2 Å². The molecule has 0 saturated heterocycles. The number of amides is 4. The van der Waals surface area contributed by atoms with Crippen molar-refractivity contribution in [2.45, 2.75) is 62.6 Å². The van der Waals surface area contributed by atoms with Crippen LogP contribution in [-0.4, -0.2) is 114 Å². The van der Waals surface area contributed by atoms with Gasteiger partial charge in [-0.3, -0.25) is 19.4 Å². The first-order chi connectivity index (χ1) is 28.5. The molecule has 4 aromatic rings. The lowest BCUT2D eigenvalue weighted by Gasteiger charge is -2.24. The zero-order valence-corrected chi connectivity index (χ0v) is 34.7. The number of alkyl carbamates (subject to hydrolysis) is 1. The number of hydrogen-bond acceptors (Lipinski definition) is 12. The predicted molar refractivity (Wildman–Crippen MR) is 231 cm³/mol. The number of hydrogen-bond donors (Lipinski definition) is 6. The molecule has 0 radical (unpaired) electrons. The number of aliphatic imine (C=N–C) groups is 1. The number of thioether (sulfide) groups is 1. The number of carbonyl (C=O) groups is 5. The van der Waals surface area contributed by atoms with Gasteiger partial charge in [0.1, 0.15) is 35.3 Å². The molecule has 0 saturated carbocycles. The van der Waals surface area contributed by atoms with Crippen molar-refractivity contribution in [1.82, 2.24) is 25.8 Å². The molecule has 6 rings (SSSR count). The fraction of sp³-hybridized carbons (Fsp3) is 0.405. The molecule has 0 unspecified atom stereocenters. The van der Waals surface area contributed by atoms with Gasteiger partial charge in [0, 0.05) is 17.4 Å². The summed E-state index contributed by atoms with van der Waals surface area (Å²) in [5.74, 6) is -2.30. The van der Waals surface area contributed by atoms with E-state index >= 15 is 0 Å². The SMILES string of the molecule is CN(C)CCCC[C@H](NC(=O)CNC(=O)OCC1c2ccccc2-c2ccccc21)C(=O)N[C@@H](CCCCN)C(=O)Nc1ccc2nc(C3=N[C@@H](C(=O)O)CS3)sc2c1. The number of nitrogens with two attached hydrogens (primary N) is 1. The number of carboxylic acids is 1. The maximum atomic E-state index is 13.9. The van der Waals surface area contributed by atoms with Crippen LogP contribution in [0, 0.1) is 0 Å². The van der Waals surface area contributed by atoms with E-state index < -0.39 is 54.5 Å². The minimum Gasteiger partial charge on any atom is -0.480 e. The summed E-state index contributed by atoms with van der Waals surface area (Å²) in [5, 5.41) is 21.6. The molecule has 0 fully saturated rings. The quantitative estimate of drug-likeness (QED) is 0.0679. The van der Waals surface area contributed by atoms with Gasteiger partial charge in [-0.15, -0.1) is 23.1 Å². The number of benzene rings is 3. The Labute approximate surface area is 351 Å². The zero-order valence-electron chi connectivity index (χ0n) is 33.1. The third kappa shape index (κ3) is 11.4. The molecule has 1 aliphatic carbocycles. The molecule has 7 N–H and O–H groups in total. The van der Waals surface area contributed by atoms with Crippen molar-refractivity contribution in [3.05, 3.63) is 82.9 Å². The van der Waals surface area contributed by atoms with E-state index in [2.05, 4.69) is 31.2 Å². The van der Waals surface area contributed by atoms with Crippen LogP contribution in [0.4, 0.5) is 10.5 Å². The molecular formula is C42H50N8O7S2. The lowest BCUT2D eigenvalue weighted by Crippen LogP contribution is -2.54. The first-order valence-electron chi connectivity index (χ1n) is 19.7. The molecular weight excluding hydrogens is 793 g/mol. The van der Waals surface area contributed by atoms with E-state index in [-0.39, 0.29) is 12.5 Å². The number of unbranched alkanes of at least 4 members (excludes halogenated alkanes) is 2. The topological polar surface area (TPSA) is 217 Å². The summed E-state index contributed by atoms with van der Waals surface area (Å²) in [6, 6.07) is 18.6. The van der Waals surface area contributed by atoms with Gasteiger partial charge in [-0.1, -0.05) is 48.5 Å². The number of fused-ring (bicyclic) bond motifs is 4. The van der Waals surface area contributed by atoms with Crippen LogP contribution >= 0.6 is 23.1 Å². The molecule has 0 spiro atoms.